The molecule has 2 aliphatic carbocycles. The van der Waals surface area contributed by atoms with Crippen molar-refractivity contribution in [3.05, 3.63) is 60.7 Å². The Kier molecular flexibility index (Phi) is 8.33. The number of aryl methyl sites for hydroxylation is 1. The van der Waals surface area contributed by atoms with Crippen molar-refractivity contribution < 1.29 is 8.78 Å². The van der Waals surface area contributed by atoms with Gasteiger partial charge in [-0.15, -0.1) is 0 Å². The van der Waals surface area contributed by atoms with E-state index in [9.17, 15) is 0 Å². The topological polar surface area (TPSA) is 60.4 Å². The second-order valence-corrected chi connectivity index (χ2v) is 13.7. The van der Waals surface area contributed by atoms with Crippen LogP contribution in [0.2, 0.25) is 0 Å². The van der Waals surface area contributed by atoms with E-state index in [-0.39, 0.29) is 11.5 Å². The number of hydrogen-bond acceptors (Lipinski definition) is 6. The van der Waals surface area contributed by atoms with Gasteiger partial charge in [0, 0.05) is 49.4 Å². The Hall–Kier alpha value is -2.91. The summed E-state index contributed by atoms with van der Waals surface area (Å²) in [6.45, 7) is 15.1. The number of aromatic nitrogens is 2. The van der Waals surface area contributed by atoms with Crippen molar-refractivity contribution in [3.63, 3.8) is 0 Å². The molecule has 2 saturated carbocycles. The van der Waals surface area contributed by atoms with Crippen molar-refractivity contribution in [1.82, 2.24) is 30.6 Å². The summed E-state index contributed by atoms with van der Waals surface area (Å²) in [5, 5.41) is 15.2. The Morgan fingerprint density at radius 1 is 1.14 bits per heavy atom. The first kappa shape index (κ1) is 30.1. The van der Waals surface area contributed by atoms with Gasteiger partial charge in [-0.3, -0.25) is 4.68 Å². The van der Waals surface area contributed by atoms with Gasteiger partial charge in [0.2, 0.25) is 0 Å². The number of anilines is 1. The van der Waals surface area contributed by atoms with Gasteiger partial charge in [-0.05, 0) is 108 Å². The first-order valence-corrected chi connectivity index (χ1v) is 16.2. The highest BCUT2D eigenvalue weighted by molar-refractivity contribution is 5.92. The van der Waals surface area contributed by atoms with Crippen LogP contribution in [0.3, 0.4) is 0 Å². The molecule has 3 N–H and O–H groups in total. The summed E-state index contributed by atoms with van der Waals surface area (Å²) in [5.41, 5.74) is 2.30. The highest BCUT2D eigenvalue weighted by atomic mass is 19.1. The highest BCUT2D eigenvalue weighted by Crippen LogP contribution is 2.58. The molecule has 7 nitrogen and oxygen atoms in total. The molecule has 2 aromatic rings. The summed E-state index contributed by atoms with van der Waals surface area (Å²) in [7, 11) is 3.86. The van der Waals surface area contributed by atoms with Crippen LogP contribution in [0.25, 0.3) is 10.9 Å². The van der Waals surface area contributed by atoms with Crippen LogP contribution in [-0.2, 0) is 7.05 Å². The third-order valence-corrected chi connectivity index (χ3v) is 11.3. The van der Waals surface area contributed by atoms with E-state index < -0.39 is 11.6 Å². The molecule has 0 radical (unpaired) electrons. The van der Waals surface area contributed by atoms with Crippen LogP contribution < -0.4 is 20.9 Å². The molecule has 9 heteroatoms. The molecule has 3 heterocycles. The third kappa shape index (κ3) is 5.59. The van der Waals surface area contributed by atoms with Gasteiger partial charge < -0.3 is 25.8 Å². The van der Waals surface area contributed by atoms with Crippen molar-refractivity contribution in [3.8, 4) is 0 Å². The molecule has 4 aliphatic rings. The fourth-order valence-corrected chi connectivity index (χ4v) is 8.77. The van der Waals surface area contributed by atoms with Gasteiger partial charge in [-0.25, -0.2) is 8.78 Å². The fraction of sp³-hybridized carbons (Fsp3) is 0.618. The zero-order chi connectivity index (χ0) is 30.4. The SMILES string of the molecule is C=CNCCC(CCC12CCC(NC)(CC1)C2)N1CCC(c2c(F)cc3c(N4CCC(=C)NC4=C)nn(C)c3c2F)CC1. The van der Waals surface area contributed by atoms with Gasteiger partial charge in [0.1, 0.15) is 17.2 Å². The Morgan fingerprint density at radius 2 is 1.88 bits per heavy atom. The fourth-order valence-electron chi connectivity index (χ4n) is 8.77. The van der Waals surface area contributed by atoms with Crippen molar-refractivity contribution in [1.29, 1.82) is 0 Å². The lowest BCUT2D eigenvalue weighted by Crippen LogP contribution is -2.43. The van der Waals surface area contributed by atoms with Crippen LogP contribution in [-0.4, -0.2) is 59.5 Å². The number of hydrogen-bond donors (Lipinski definition) is 3. The summed E-state index contributed by atoms with van der Waals surface area (Å²) in [4.78, 5) is 4.47. The maximum absolute atomic E-state index is 16.2. The van der Waals surface area contributed by atoms with Crippen LogP contribution in [0.15, 0.2) is 43.5 Å². The summed E-state index contributed by atoms with van der Waals surface area (Å²) in [6, 6.07) is 1.95. The van der Waals surface area contributed by atoms with Crippen molar-refractivity contribution >= 4 is 16.7 Å². The van der Waals surface area contributed by atoms with Crippen molar-refractivity contribution in [2.75, 3.05) is 38.1 Å². The molecule has 0 amide bonds. The molecule has 1 atom stereocenters. The molecule has 2 aliphatic heterocycles. The Morgan fingerprint density at radius 3 is 2.53 bits per heavy atom. The highest BCUT2D eigenvalue weighted by Gasteiger charge is 2.53. The molecule has 43 heavy (non-hydrogen) atoms. The maximum atomic E-state index is 16.2. The molecular formula is C34H49F2N7. The minimum atomic E-state index is -0.476. The number of nitrogens with one attached hydrogen (secondary N) is 3. The Labute approximate surface area is 255 Å². The molecule has 2 saturated heterocycles. The Bertz CT molecular complexity index is 1380. The predicted octanol–water partition coefficient (Wildman–Crippen LogP) is 6.01. The average Bonchev–Trinajstić information content (AvgIpc) is 3.66. The van der Waals surface area contributed by atoms with Crippen LogP contribution in [0.1, 0.15) is 82.1 Å². The van der Waals surface area contributed by atoms with Crippen LogP contribution >= 0.6 is 0 Å². The summed E-state index contributed by atoms with van der Waals surface area (Å²) in [5.74, 6) is 0.0391. The largest absolute Gasteiger partial charge is 0.391 e. The maximum Gasteiger partial charge on any atom is 0.164 e. The number of rotatable bonds is 11. The minimum absolute atomic E-state index is 0.152. The zero-order valence-electron chi connectivity index (χ0n) is 26.1. The molecule has 4 fully saturated rings. The van der Waals surface area contributed by atoms with E-state index in [4.69, 9.17) is 0 Å². The number of benzene rings is 1. The molecule has 6 rings (SSSR count). The van der Waals surface area contributed by atoms with Crippen LogP contribution in [0, 0.1) is 17.0 Å². The van der Waals surface area contributed by atoms with Crippen LogP contribution in [0.5, 0.6) is 0 Å². The van der Waals surface area contributed by atoms with Gasteiger partial charge in [0.15, 0.2) is 11.6 Å². The molecule has 1 aromatic heterocycles. The predicted molar refractivity (Wildman–Crippen MR) is 171 cm³/mol. The van der Waals surface area contributed by atoms with Gasteiger partial charge in [-0.2, -0.15) is 5.10 Å². The smallest absolute Gasteiger partial charge is 0.164 e. The normalized spacial score (nSPS) is 27.2. The van der Waals surface area contributed by atoms with E-state index in [0.717, 1.165) is 44.6 Å². The molecule has 1 unspecified atom stereocenters. The first-order chi connectivity index (χ1) is 20.7. The van der Waals surface area contributed by atoms with Crippen molar-refractivity contribution in [2.45, 2.75) is 88.1 Å². The lowest BCUT2D eigenvalue weighted by Gasteiger charge is -2.39. The lowest BCUT2D eigenvalue weighted by molar-refractivity contribution is 0.119. The monoisotopic (exact) mass is 593 g/mol. The molecule has 234 valence electrons. The standard InChI is InChI=1S/C34H49F2N7/c1-6-38-17-8-26(7-12-33-13-15-34(22-33,37-4)16-14-33)42-18-10-25(11-19-42)29-28(35)21-27-31(30(29)36)41(5)40-32(27)43-20-9-23(2)39-24(43)3/h6,21,25-26,37-39H,1-3,7-20,22H2,4-5H3. The van der Waals surface area contributed by atoms with Gasteiger partial charge >= 0.3 is 0 Å². The van der Waals surface area contributed by atoms with E-state index >= 15 is 8.78 Å². The summed E-state index contributed by atoms with van der Waals surface area (Å²) >= 11 is 0. The zero-order valence-corrected chi connectivity index (χ0v) is 26.1. The quantitative estimate of drug-likeness (QED) is 0.278. The second-order valence-electron chi connectivity index (χ2n) is 13.7. The van der Waals surface area contributed by atoms with Gasteiger partial charge in [0.25, 0.3) is 0 Å². The lowest BCUT2D eigenvalue weighted by atomic mass is 9.78. The van der Waals surface area contributed by atoms with E-state index in [0.29, 0.717) is 52.5 Å². The van der Waals surface area contributed by atoms with E-state index in [2.05, 4.69) is 52.7 Å². The summed E-state index contributed by atoms with van der Waals surface area (Å²) in [6.07, 6.45) is 14.1. The van der Waals surface area contributed by atoms with Crippen molar-refractivity contribution in [2.24, 2.45) is 12.5 Å². The number of nitrogens with zero attached hydrogens (tertiary/aromatic N) is 4. The average molecular weight is 594 g/mol. The number of halogens is 2. The second kappa shape index (κ2) is 11.9. The summed E-state index contributed by atoms with van der Waals surface area (Å²) < 4.78 is 33.6. The molecular weight excluding hydrogens is 544 g/mol. The molecule has 0 spiro atoms. The first-order valence-electron chi connectivity index (χ1n) is 16.2. The van der Waals surface area contributed by atoms with E-state index in [1.807, 2.05) is 4.90 Å². The minimum Gasteiger partial charge on any atom is -0.391 e. The van der Waals surface area contributed by atoms with Crippen LogP contribution in [0.4, 0.5) is 14.6 Å². The van der Waals surface area contributed by atoms with E-state index in [1.54, 1.807) is 17.9 Å². The van der Waals surface area contributed by atoms with Gasteiger partial charge in [-0.1, -0.05) is 19.7 Å². The van der Waals surface area contributed by atoms with E-state index in [1.165, 1.54) is 51.0 Å². The number of piperidine rings is 1. The Balaban J connectivity index is 1.16. The number of likely N-dealkylation sites (tertiary alicyclic amines) is 1. The number of fused-ring (bicyclic) bond motifs is 3. The molecule has 1 aromatic carbocycles. The molecule has 2 bridgehead atoms. The third-order valence-electron chi connectivity index (χ3n) is 11.3. The van der Waals surface area contributed by atoms with Gasteiger partial charge in [0.05, 0.1) is 5.39 Å².